The number of fused-ring (bicyclic) bond motifs is 1. The number of hydrogen-bond donors (Lipinski definition) is 1. The summed E-state index contributed by atoms with van der Waals surface area (Å²) in [4.78, 5) is 20.4. The van der Waals surface area contributed by atoms with Crippen LogP contribution in [0, 0.1) is 0 Å². The van der Waals surface area contributed by atoms with Crippen molar-refractivity contribution < 1.29 is 9.53 Å². The highest BCUT2D eigenvalue weighted by atomic mass is 32.1. The summed E-state index contributed by atoms with van der Waals surface area (Å²) < 4.78 is 6.08. The predicted molar refractivity (Wildman–Crippen MR) is 70.1 cm³/mol. The molecule has 8 heteroatoms. The van der Waals surface area contributed by atoms with Gasteiger partial charge in [-0.25, -0.2) is 9.78 Å². The van der Waals surface area contributed by atoms with E-state index >= 15 is 0 Å². The van der Waals surface area contributed by atoms with E-state index in [0.717, 1.165) is 10.6 Å². The molecule has 0 saturated carbocycles. The highest BCUT2D eigenvalue weighted by Crippen LogP contribution is 2.24. The molecule has 0 fully saturated rings. The van der Waals surface area contributed by atoms with Gasteiger partial charge in [0.05, 0.1) is 17.7 Å². The summed E-state index contributed by atoms with van der Waals surface area (Å²) >= 11 is 1.59. The number of carbonyl (C=O) groups excluding carboxylic acids is 1. The van der Waals surface area contributed by atoms with Crippen molar-refractivity contribution in [2.75, 3.05) is 12.4 Å². The van der Waals surface area contributed by atoms with Crippen LogP contribution in [-0.2, 0) is 4.74 Å². The number of aromatic nitrogens is 4. The van der Waals surface area contributed by atoms with Crippen LogP contribution < -0.4 is 5.32 Å². The molecule has 0 spiro atoms. The quantitative estimate of drug-likeness (QED) is 0.774. The molecule has 7 nitrogen and oxygen atoms in total. The van der Waals surface area contributed by atoms with Crippen molar-refractivity contribution in [2.24, 2.45) is 0 Å². The minimum Gasteiger partial charge on any atom is -0.453 e. The van der Waals surface area contributed by atoms with Gasteiger partial charge in [0.1, 0.15) is 0 Å². The number of anilines is 1. The van der Waals surface area contributed by atoms with Gasteiger partial charge in [0.15, 0.2) is 0 Å². The Kier molecular flexibility index (Phi) is 2.84. The number of hydrogen-bond acceptors (Lipinski definition) is 6. The smallest absolute Gasteiger partial charge is 0.413 e. The molecular formula is C11H9N5O2S. The largest absolute Gasteiger partial charge is 0.453 e. The van der Waals surface area contributed by atoms with Crippen molar-refractivity contribution in [2.45, 2.75) is 0 Å². The summed E-state index contributed by atoms with van der Waals surface area (Å²) in [5.74, 6) is 0.570. The van der Waals surface area contributed by atoms with Crippen LogP contribution in [0.25, 0.3) is 16.3 Å². The molecular weight excluding hydrogens is 266 g/mol. The van der Waals surface area contributed by atoms with Gasteiger partial charge in [-0.2, -0.15) is 9.50 Å². The maximum Gasteiger partial charge on any atom is 0.413 e. The SMILES string of the molecule is COC(=O)Nc1nc2nccc(-c3cccs3)n2n1. The lowest BCUT2D eigenvalue weighted by molar-refractivity contribution is 0.186. The second-order valence-electron chi connectivity index (χ2n) is 3.57. The molecule has 0 aliphatic rings. The Morgan fingerprint density at radius 3 is 3.11 bits per heavy atom. The zero-order chi connectivity index (χ0) is 13.2. The van der Waals surface area contributed by atoms with Gasteiger partial charge in [-0.1, -0.05) is 6.07 Å². The first-order valence-electron chi connectivity index (χ1n) is 5.38. The molecule has 0 radical (unpaired) electrons. The second-order valence-corrected chi connectivity index (χ2v) is 4.52. The van der Waals surface area contributed by atoms with Gasteiger partial charge >= 0.3 is 6.09 Å². The molecule has 19 heavy (non-hydrogen) atoms. The molecule has 3 rings (SSSR count). The average molecular weight is 275 g/mol. The fourth-order valence-corrected chi connectivity index (χ4v) is 2.34. The molecule has 0 unspecified atom stereocenters. The van der Waals surface area contributed by atoms with Crippen molar-refractivity contribution in [1.29, 1.82) is 0 Å². The molecule has 0 aromatic carbocycles. The van der Waals surface area contributed by atoms with Crippen LogP contribution in [-0.4, -0.2) is 32.8 Å². The lowest BCUT2D eigenvalue weighted by Gasteiger charge is -1.99. The molecule has 0 atom stereocenters. The fraction of sp³-hybridized carbons (Fsp3) is 0.0909. The van der Waals surface area contributed by atoms with Crippen LogP contribution in [0.2, 0.25) is 0 Å². The third kappa shape index (κ3) is 2.13. The van der Waals surface area contributed by atoms with Crippen molar-refractivity contribution in [3.05, 3.63) is 29.8 Å². The third-order valence-electron chi connectivity index (χ3n) is 2.41. The van der Waals surface area contributed by atoms with Crippen molar-refractivity contribution in [3.8, 4) is 10.6 Å². The highest BCUT2D eigenvalue weighted by molar-refractivity contribution is 7.13. The first-order chi connectivity index (χ1) is 9.28. The number of thiophene rings is 1. The Hall–Kier alpha value is -2.48. The summed E-state index contributed by atoms with van der Waals surface area (Å²) in [6, 6.07) is 5.78. The summed E-state index contributed by atoms with van der Waals surface area (Å²) in [5.41, 5.74) is 0.866. The van der Waals surface area contributed by atoms with E-state index in [1.54, 1.807) is 22.0 Å². The molecule has 0 aliphatic carbocycles. The monoisotopic (exact) mass is 275 g/mol. The molecule has 3 aromatic heterocycles. The molecule has 0 saturated heterocycles. The van der Waals surface area contributed by atoms with Gasteiger partial charge in [-0.05, 0) is 17.5 Å². The Balaban J connectivity index is 2.08. The maximum atomic E-state index is 11.1. The number of carbonyl (C=O) groups is 1. The van der Waals surface area contributed by atoms with Crippen molar-refractivity contribution in [1.82, 2.24) is 19.6 Å². The number of rotatable bonds is 2. The summed E-state index contributed by atoms with van der Waals surface area (Å²) in [5, 5.41) is 8.59. The molecule has 0 aliphatic heterocycles. The van der Waals surface area contributed by atoms with Gasteiger partial charge in [-0.15, -0.1) is 16.4 Å². The Morgan fingerprint density at radius 2 is 2.37 bits per heavy atom. The lowest BCUT2D eigenvalue weighted by atomic mass is 10.3. The van der Waals surface area contributed by atoms with Crippen LogP contribution in [0.1, 0.15) is 0 Å². The van der Waals surface area contributed by atoms with Crippen LogP contribution in [0.5, 0.6) is 0 Å². The Bertz CT molecular complexity index is 722. The van der Waals surface area contributed by atoms with Gasteiger partial charge in [0.25, 0.3) is 11.7 Å². The average Bonchev–Trinajstić information content (AvgIpc) is 3.06. The molecule has 3 heterocycles. The van der Waals surface area contributed by atoms with E-state index in [4.69, 9.17) is 0 Å². The van der Waals surface area contributed by atoms with Crippen LogP contribution >= 0.6 is 11.3 Å². The molecule has 0 bridgehead atoms. The summed E-state index contributed by atoms with van der Waals surface area (Å²) in [7, 11) is 1.28. The lowest BCUT2D eigenvalue weighted by Crippen LogP contribution is -2.12. The van der Waals surface area contributed by atoms with E-state index < -0.39 is 6.09 Å². The maximum absolute atomic E-state index is 11.1. The van der Waals surface area contributed by atoms with E-state index in [1.165, 1.54) is 7.11 Å². The summed E-state index contributed by atoms with van der Waals surface area (Å²) in [6.07, 6.45) is 1.04. The van der Waals surface area contributed by atoms with E-state index in [2.05, 4.69) is 25.1 Å². The van der Waals surface area contributed by atoms with Crippen molar-refractivity contribution in [3.63, 3.8) is 0 Å². The standard InChI is InChI=1S/C11H9N5O2S/c1-18-11(17)14-9-13-10-12-5-4-7(16(10)15-9)8-3-2-6-19-8/h2-6H,1H3,(H,14,15,17). The number of nitrogens with one attached hydrogen (secondary N) is 1. The van der Waals surface area contributed by atoms with E-state index in [-0.39, 0.29) is 5.95 Å². The minimum absolute atomic E-state index is 0.156. The predicted octanol–water partition coefficient (Wildman–Crippen LogP) is 2.03. The third-order valence-corrected chi connectivity index (χ3v) is 3.31. The number of amides is 1. The van der Waals surface area contributed by atoms with Gasteiger partial charge < -0.3 is 4.74 Å². The second kappa shape index (κ2) is 4.65. The van der Waals surface area contributed by atoms with E-state index in [0.29, 0.717) is 5.78 Å². The van der Waals surface area contributed by atoms with Gasteiger partial charge in [0, 0.05) is 6.20 Å². The minimum atomic E-state index is -0.617. The number of nitrogens with zero attached hydrogens (tertiary/aromatic N) is 4. The van der Waals surface area contributed by atoms with E-state index in [9.17, 15) is 4.79 Å². The summed E-state index contributed by atoms with van der Waals surface area (Å²) in [6.45, 7) is 0. The van der Waals surface area contributed by atoms with Crippen molar-refractivity contribution >= 4 is 29.2 Å². The first kappa shape index (κ1) is 11.6. The highest BCUT2D eigenvalue weighted by Gasteiger charge is 2.12. The number of methoxy groups -OCH3 is 1. The zero-order valence-corrected chi connectivity index (χ0v) is 10.7. The fourth-order valence-electron chi connectivity index (χ4n) is 1.60. The molecule has 96 valence electrons. The normalized spacial score (nSPS) is 10.6. The Morgan fingerprint density at radius 1 is 1.47 bits per heavy atom. The van der Waals surface area contributed by atoms with Gasteiger partial charge in [0.2, 0.25) is 0 Å². The van der Waals surface area contributed by atoms with E-state index in [1.807, 2.05) is 23.6 Å². The topological polar surface area (TPSA) is 81.4 Å². The first-order valence-corrected chi connectivity index (χ1v) is 6.26. The molecule has 1 amide bonds. The van der Waals surface area contributed by atoms with Crippen LogP contribution in [0.4, 0.5) is 10.7 Å². The Labute approximate surface area is 111 Å². The van der Waals surface area contributed by atoms with Crippen LogP contribution in [0.3, 0.4) is 0 Å². The molecule has 3 aromatic rings. The zero-order valence-electron chi connectivity index (χ0n) is 9.90. The van der Waals surface area contributed by atoms with Gasteiger partial charge in [-0.3, -0.25) is 5.32 Å². The van der Waals surface area contributed by atoms with Crippen LogP contribution in [0.15, 0.2) is 29.8 Å². The molecule has 1 N–H and O–H groups in total. The number of ether oxygens (including phenoxy) is 1.